The molecular formula is C21H21ClN6O2. The summed E-state index contributed by atoms with van der Waals surface area (Å²) in [5.41, 5.74) is 7.96. The quantitative estimate of drug-likeness (QED) is 0.691. The molecule has 2 unspecified atom stereocenters. The summed E-state index contributed by atoms with van der Waals surface area (Å²) in [6.45, 7) is 0.701. The molecule has 0 saturated heterocycles. The molecule has 0 spiro atoms. The van der Waals surface area contributed by atoms with Crippen molar-refractivity contribution in [3.63, 3.8) is 0 Å². The van der Waals surface area contributed by atoms with Crippen LogP contribution in [0.15, 0.2) is 58.5 Å². The molecule has 9 heteroatoms. The van der Waals surface area contributed by atoms with E-state index in [2.05, 4.69) is 15.3 Å². The number of benzene rings is 2. The molecule has 1 aliphatic heterocycles. The van der Waals surface area contributed by atoms with E-state index in [0.29, 0.717) is 11.6 Å². The molecule has 2 aromatic carbocycles. The zero-order chi connectivity index (χ0) is 21.5. The van der Waals surface area contributed by atoms with E-state index in [1.165, 1.54) is 0 Å². The Labute approximate surface area is 179 Å². The fraction of sp³-hybridized carbons (Fsp3) is 0.238. The van der Waals surface area contributed by atoms with Gasteiger partial charge in [0.25, 0.3) is 0 Å². The summed E-state index contributed by atoms with van der Waals surface area (Å²) >= 11 is 6.20. The molecular weight excluding hydrogens is 404 g/mol. The number of nitrogens with zero attached hydrogens (tertiary/aromatic N) is 4. The summed E-state index contributed by atoms with van der Waals surface area (Å²) in [5.74, 6) is 0.726. The molecule has 3 rings (SSSR count). The third kappa shape index (κ3) is 5.14. The Bertz CT molecular complexity index is 999. The molecule has 8 nitrogen and oxygen atoms in total. The summed E-state index contributed by atoms with van der Waals surface area (Å²) < 4.78 is 5.10. The van der Waals surface area contributed by atoms with Crippen LogP contribution in [0.3, 0.4) is 0 Å². The van der Waals surface area contributed by atoms with E-state index in [-0.39, 0.29) is 12.3 Å². The van der Waals surface area contributed by atoms with Crippen molar-refractivity contribution in [1.82, 2.24) is 10.2 Å². The van der Waals surface area contributed by atoms with Crippen molar-refractivity contribution < 1.29 is 9.53 Å². The number of nitriles is 1. The number of amides is 2. The van der Waals surface area contributed by atoms with E-state index in [0.717, 1.165) is 16.9 Å². The van der Waals surface area contributed by atoms with Gasteiger partial charge in [0.05, 0.1) is 13.4 Å². The molecule has 0 radical (unpaired) electrons. The number of urea groups is 1. The molecule has 0 aliphatic carbocycles. The number of carbonyl (C=O) groups excluding carboxylic acids is 1. The second kappa shape index (κ2) is 9.87. The lowest BCUT2D eigenvalue weighted by atomic mass is 10.1. The highest BCUT2D eigenvalue weighted by Crippen LogP contribution is 2.20. The lowest BCUT2D eigenvalue weighted by molar-refractivity contribution is 0.248. The first kappa shape index (κ1) is 21.3. The maximum Gasteiger partial charge on any atom is 0.342 e. The van der Waals surface area contributed by atoms with Crippen molar-refractivity contribution in [3.8, 4) is 11.8 Å². The highest BCUT2D eigenvalue weighted by atomic mass is 35.5. The van der Waals surface area contributed by atoms with Crippen molar-refractivity contribution in [2.24, 2.45) is 15.7 Å². The topological polar surface area (TPSA) is 116 Å². The number of hydrogen-bond acceptors (Lipinski definition) is 6. The molecule has 0 fully saturated rings. The van der Waals surface area contributed by atoms with Crippen molar-refractivity contribution in [1.29, 1.82) is 5.26 Å². The van der Waals surface area contributed by atoms with Crippen molar-refractivity contribution in [3.05, 3.63) is 64.7 Å². The number of aliphatic imine (C=N–C) groups is 2. The highest BCUT2D eigenvalue weighted by Gasteiger charge is 2.32. The van der Waals surface area contributed by atoms with Gasteiger partial charge in [0.1, 0.15) is 24.0 Å². The molecule has 30 heavy (non-hydrogen) atoms. The van der Waals surface area contributed by atoms with Crippen LogP contribution in [0.4, 0.5) is 4.79 Å². The van der Waals surface area contributed by atoms with Crippen LogP contribution in [0.25, 0.3) is 0 Å². The summed E-state index contributed by atoms with van der Waals surface area (Å²) in [7, 11) is 1.58. The van der Waals surface area contributed by atoms with E-state index < -0.39 is 18.2 Å². The first-order valence-electron chi connectivity index (χ1n) is 9.19. The second-order valence-electron chi connectivity index (χ2n) is 6.58. The van der Waals surface area contributed by atoms with E-state index in [1.54, 1.807) is 36.5 Å². The highest BCUT2D eigenvalue weighted by molar-refractivity contribution is 6.31. The molecule has 154 valence electrons. The lowest BCUT2D eigenvalue weighted by Gasteiger charge is -2.24. The summed E-state index contributed by atoms with van der Waals surface area (Å²) in [6, 6.07) is 15.2. The van der Waals surface area contributed by atoms with E-state index in [1.807, 2.05) is 36.4 Å². The molecule has 1 aliphatic rings. The zero-order valence-corrected chi connectivity index (χ0v) is 17.1. The van der Waals surface area contributed by atoms with Crippen LogP contribution in [-0.2, 0) is 13.1 Å². The number of rotatable bonds is 6. The smallest absolute Gasteiger partial charge is 0.342 e. The van der Waals surface area contributed by atoms with Crippen molar-refractivity contribution in [2.45, 2.75) is 25.3 Å². The maximum absolute atomic E-state index is 12.2. The van der Waals surface area contributed by atoms with Gasteiger partial charge in [-0.3, -0.25) is 4.99 Å². The Hall–Kier alpha value is -3.41. The predicted octanol–water partition coefficient (Wildman–Crippen LogP) is 2.72. The number of halogens is 1. The lowest BCUT2D eigenvalue weighted by Crippen LogP contribution is -2.46. The minimum Gasteiger partial charge on any atom is -0.497 e. The van der Waals surface area contributed by atoms with Gasteiger partial charge in [-0.2, -0.15) is 10.3 Å². The van der Waals surface area contributed by atoms with Crippen molar-refractivity contribution >= 4 is 29.7 Å². The fourth-order valence-corrected chi connectivity index (χ4v) is 3.13. The summed E-state index contributed by atoms with van der Waals surface area (Å²) in [5, 5.41) is 12.7. The number of nitrogens with two attached hydrogens (primary N) is 1. The largest absolute Gasteiger partial charge is 0.497 e. The molecule has 2 atom stereocenters. The number of hydrogen-bond donors (Lipinski definition) is 2. The van der Waals surface area contributed by atoms with Gasteiger partial charge in [-0.25, -0.2) is 4.79 Å². The standard InChI is InChI=1S/C21H21ClN6O2/c1-30-16-8-6-14(7-9-16)11-25-21(29)27-18(10-23)19-20(24)28(13-26-19)12-15-4-2-3-5-17(15)22/h2-9,13,19-20H,11-12,24H2,1H3,(H,25,29)/b27-18+. The molecule has 0 bridgehead atoms. The van der Waals surface area contributed by atoms with E-state index in [4.69, 9.17) is 22.1 Å². The normalized spacial score (nSPS) is 18.2. The fourth-order valence-electron chi connectivity index (χ4n) is 2.93. The van der Waals surface area contributed by atoms with Crippen LogP contribution in [0.2, 0.25) is 5.02 Å². The molecule has 0 aromatic heterocycles. The predicted molar refractivity (Wildman–Crippen MR) is 116 cm³/mol. The zero-order valence-electron chi connectivity index (χ0n) is 16.3. The van der Waals surface area contributed by atoms with Gasteiger partial charge in [-0.1, -0.05) is 41.9 Å². The number of carbonyl (C=O) groups is 1. The molecule has 2 aromatic rings. The summed E-state index contributed by atoms with van der Waals surface area (Å²) in [6.07, 6.45) is 0.926. The second-order valence-corrected chi connectivity index (χ2v) is 6.99. The first-order chi connectivity index (χ1) is 14.5. The number of methoxy groups -OCH3 is 1. The maximum atomic E-state index is 12.2. The molecule has 1 heterocycles. The molecule has 2 amide bonds. The van der Waals surface area contributed by atoms with Crippen LogP contribution >= 0.6 is 11.6 Å². The number of nitrogens with one attached hydrogen (secondary N) is 1. The monoisotopic (exact) mass is 424 g/mol. The van der Waals surface area contributed by atoms with Gasteiger partial charge in [0.15, 0.2) is 5.71 Å². The molecule has 0 saturated carbocycles. The van der Waals surface area contributed by atoms with Crippen LogP contribution in [0.1, 0.15) is 11.1 Å². The van der Waals surface area contributed by atoms with Gasteiger partial charge < -0.3 is 20.7 Å². The van der Waals surface area contributed by atoms with Crippen LogP contribution in [-0.4, -0.2) is 42.3 Å². The third-order valence-electron chi connectivity index (χ3n) is 4.61. The Morgan fingerprint density at radius 2 is 2.07 bits per heavy atom. The van der Waals surface area contributed by atoms with Crippen LogP contribution < -0.4 is 15.8 Å². The van der Waals surface area contributed by atoms with Crippen LogP contribution in [0, 0.1) is 11.3 Å². The van der Waals surface area contributed by atoms with Gasteiger partial charge in [0.2, 0.25) is 0 Å². The third-order valence-corrected chi connectivity index (χ3v) is 4.98. The Kier molecular flexibility index (Phi) is 7.01. The molecule has 3 N–H and O–H groups in total. The minimum absolute atomic E-state index is 0.0485. The minimum atomic E-state index is -0.732. The summed E-state index contributed by atoms with van der Waals surface area (Å²) in [4.78, 5) is 22.1. The van der Waals surface area contributed by atoms with Gasteiger partial charge in [-0.15, -0.1) is 0 Å². The van der Waals surface area contributed by atoms with Gasteiger partial charge in [0, 0.05) is 18.1 Å². The Balaban J connectivity index is 1.61. The van der Waals surface area contributed by atoms with Gasteiger partial charge >= 0.3 is 6.03 Å². The van der Waals surface area contributed by atoms with Crippen molar-refractivity contribution in [2.75, 3.05) is 7.11 Å². The van der Waals surface area contributed by atoms with Crippen LogP contribution in [0.5, 0.6) is 5.75 Å². The Morgan fingerprint density at radius 1 is 1.33 bits per heavy atom. The average molecular weight is 425 g/mol. The first-order valence-corrected chi connectivity index (χ1v) is 9.57. The Morgan fingerprint density at radius 3 is 2.73 bits per heavy atom. The van der Waals surface area contributed by atoms with E-state index >= 15 is 0 Å². The number of ether oxygens (including phenoxy) is 1. The average Bonchev–Trinajstić information content (AvgIpc) is 3.12. The van der Waals surface area contributed by atoms with E-state index in [9.17, 15) is 10.1 Å². The SMILES string of the molecule is COc1ccc(CNC(=O)/N=C(\C#N)C2N=CN(Cc3ccccc3Cl)C2N)cc1. The van der Waals surface area contributed by atoms with Gasteiger partial charge in [-0.05, 0) is 29.3 Å².